The second kappa shape index (κ2) is 5.67. The predicted octanol–water partition coefficient (Wildman–Crippen LogP) is 4.70. The molecule has 0 heterocycles. The van der Waals surface area contributed by atoms with E-state index in [4.69, 9.17) is 0 Å². The van der Waals surface area contributed by atoms with E-state index in [1.54, 1.807) is 12.1 Å². The highest BCUT2D eigenvalue weighted by Gasteiger charge is 2.10. The van der Waals surface area contributed by atoms with Crippen LogP contribution >= 0.6 is 0 Å². The Hall–Kier alpha value is -1.83. The fraction of sp³-hybridized carbons (Fsp3) is 0.250. The maximum atomic E-state index is 13.3. The van der Waals surface area contributed by atoms with Crippen LogP contribution in [0.15, 0.2) is 48.5 Å². The van der Waals surface area contributed by atoms with Gasteiger partial charge in [0.15, 0.2) is 0 Å². The second-order valence-electron chi connectivity index (χ2n) is 4.48. The second-order valence-corrected chi connectivity index (χ2v) is 4.48. The summed E-state index contributed by atoms with van der Waals surface area (Å²) in [5, 5.41) is 3.47. The Morgan fingerprint density at radius 3 is 2.56 bits per heavy atom. The van der Waals surface area contributed by atoms with E-state index in [2.05, 4.69) is 31.3 Å². The van der Waals surface area contributed by atoms with Crippen LogP contribution in [0.5, 0.6) is 0 Å². The average molecular weight is 243 g/mol. The number of para-hydroxylation sites is 1. The first-order valence-electron chi connectivity index (χ1n) is 6.28. The number of nitrogens with one attached hydrogen (secondary N) is 1. The van der Waals surface area contributed by atoms with Gasteiger partial charge < -0.3 is 5.32 Å². The lowest BCUT2D eigenvalue weighted by Gasteiger charge is -2.20. The third-order valence-electron chi connectivity index (χ3n) is 3.13. The molecule has 0 bridgehead atoms. The summed E-state index contributed by atoms with van der Waals surface area (Å²) in [6.07, 6.45) is 0.914. The molecular formula is C16H18FN. The largest absolute Gasteiger partial charge is 0.378 e. The first-order chi connectivity index (χ1) is 8.70. The molecule has 1 nitrogen and oxygen atoms in total. The van der Waals surface area contributed by atoms with E-state index in [1.807, 2.05) is 18.2 Å². The summed E-state index contributed by atoms with van der Waals surface area (Å²) >= 11 is 0. The van der Waals surface area contributed by atoms with Crippen molar-refractivity contribution in [2.45, 2.75) is 26.3 Å². The summed E-state index contributed by atoms with van der Waals surface area (Å²) in [6, 6.07) is 15.1. The van der Waals surface area contributed by atoms with E-state index >= 15 is 0 Å². The number of rotatable bonds is 4. The van der Waals surface area contributed by atoms with Gasteiger partial charge in [0.2, 0.25) is 0 Å². The van der Waals surface area contributed by atoms with Crippen molar-refractivity contribution < 1.29 is 4.39 Å². The van der Waals surface area contributed by atoms with Crippen LogP contribution in [-0.4, -0.2) is 0 Å². The minimum absolute atomic E-state index is 0.141. The van der Waals surface area contributed by atoms with Gasteiger partial charge in [-0.25, -0.2) is 4.39 Å². The minimum Gasteiger partial charge on any atom is -0.378 e. The number of benzene rings is 2. The van der Waals surface area contributed by atoms with Crippen LogP contribution in [0.2, 0.25) is 0 Å². The first-order valence-corrected chi connectivity index (χ1v) is 6.28. The Labute approximate surface area is 108 Å². The van der Waals surface area contributed by atoms with Crippen LogP contribution < -0.4 is 5.32 Å². The molecule has 0 aliphatic rings. The van der Waals surface area contributed by atoms with E-state index in [9.17, 15) is 4.39 Å². The number of aryl methyl sites for hydroxylation is 1. The summed E-state index contributed by atoms with van der Waals surface area (Å²) in [4.78, 5) is 0. The zero-order chi connectivity index (χ0) is 13.0. The summed E-state index contributed by atoms with van der Waals surface area (Å²) in [6.45, 7) is 4.17. The molecule has 2 rings (SSSR count). The van der Waals surface area contributed by atoms with Crippen molar-refractivity contribution >= 4 is 5.69 Å². The van der Waals surface area contributed by atoms with Crippen LogP contribution in [0, 0.1) is 12.7 Å². The van der Waals surface area contributed by atoms with Gasteiger partial charge in [0.1, 0.15) is 5.82 Å². The smallest absolute Gasteiger partial charge is 0.123 e. The normalized spacial score (nSPS) is 12.2. The van der Waals surface area contributed by atoms with Crippen LogP contribution in [0.4, 0.5) is 10.1 Å². The van der Waals surface area contributed by atoms with E-state index in [1.165, 1.54) is 11.6 Å². The minimum atomic E-state index is -0.183. The summed E-state index contributed by atoms with van der Waals surface area (Å²) in [5.41, 5.74) is 3.29. The Kier molecular flexibility index (Phi) is 3.98. The molecule has 0 aliphatic carbocycles. The lowest BCUT2D eigenvalue weighted by molar-refractivity contribution is 0.621. The number of hydrogen-bond donors (Lipinski definition) is 1. The van der Waals surface area contributed by atoms with Crippen molar-refractivity contribution in [2.75, 3.05) is 5.32 Å². The number of hydrogen-bond acceptors (Lipinski definition) is 1. The van der Waals surface area contributed by atoms with Gasteiger partial charge in [-0.2, -0.15) is 0 Å². The lowest BCUT2D eigenvalue weighted by atomic mass is 10.0. The van der Waals surface area contributed by atoms with Crippen LogP contribution in [-0.2, 0) is 0 Å². The van der Waals surface area contributed by atoms with Crippen molar-refractivity contribution in [1.29, 1.82) is 0 Å². The number of anilines is 1. The van der Waals surface area contributed by atoms with Crippen molar-refractivity contribution in [3.05, 3.63) is 65.5 Å². The van der Waals surface area contributed by atoms with Crippen LogP contribution in [0.1, 0.15) is 30.5 Å². The van der Waals surface area contributed by atoms with Gasteiger partial charge in [0.05, 0.1) is 6.04 Å². The molecule has 0 amide bonds. The molecule has 1 N–H and O–H groups in total. The molecule has 0 saturated carbocycles. The summed E-state index contributed by atoms with van der Waals surface area (Å²) < 4.78 is 13.3. The Balaban J connectivity index is 2.23. The van der Waals surface area contributed by atoms with E-state index in [-0.39, 0.29) is 11.9 Å². The topological polar surface area (TPSA) is 12.0 Å². The maximum absolute atomic E-state index is 13.3. The molecule has 0 aromatic heterocycles. The molecule has 0 radical (unpaired) electrons. The molecular weight excluding hydrogens is 225 g/mol. The first kappa shape index (κ1) is 12.6. The molecule has 1 atom stereocenters. The molecule has 2 aromatic rings. The van der Waals surface area contributed by atoms with E-state index in [0.717, 1.165) is 17.7 Å². The molecule has 2 heteroatoms. The van der Waals surface area contributed by atoms with Gasteiger partial charge >= 0.3 is 0 Å². The average Bonchev–Trinajstić information content (AvgIpc) is 2.38. The molecule has 2 aromatic carbocycles. The Bertz CT molecular complexity index is 522. The van der Waals surface area contributed by atoms with Gasteiger partial charge in [-0.1, -0.05) is 37.3 Å². The molecule has 0 fully saturated rings. The molecule has 0 spiro atoms. The van der Waals surface area contributed by atoms with Gasteiger partial charge in [-0.05, 0) is 42.7 Å². The van der Waals surface area contributed by atoms with Crippen molar-refractivity contribution in [1.82, 2.24) is 0 Å². The molecule has 1 unspecified atom stereocenters. The monoisotopic (exact) mass is 243 g/mol. The summed E-state index contributed by atoms with van der Waals surface area (Å²) in [7, 11) is 0. The highest BCUT2D eigenvalue weighted by atomic mass is 19.1. The number of halogens is 1. The van der Waals surface area contributed by atoms with Gasteiger partial charge in [0, 0.05) is 5.69 Å². The highest BCUT2D eigenvalue weighted by molar-refractivity contribution is 5.51. The SMILES string of the molecule is CCC(Nc1ccccc1C)c1cccc(F)c1. The fourth-order valence-corrected chi connectivity index (χ4v) is 2.07. The van der Waals surface area contributed by atoms with Crippen LogP contribution in [0.25, 0.3) is 0 Å². The zero-order valence-electron chi connectivity index (χ0n) is 10.8. The third-order valence-corrected chi connectivity index (χ3v) is 3.13. The van der Waals surface area contributed by atoms with Gasteiger partial charge in [0.25, 0.3) is 0 Å². The standard InChI is InChI=1S/C16H18FN/c1-3-15(13-8-6-9-14(17)11-13)18-16-10-5-4-7-12(16)2/h4-11,15,18H,3H2,1-2H3. The zero-order valence-corrected chi connectivity index (χ0v) is 10.8. The molecule has 0 saturated heterocycles. The van der Waals surface area contributed by atoms with Crippen molar-refractivity contribution in [2.24, 2.45) is 0 Å². The Morgan fingerprint density at radius 1 is 1.11 bits per heavy atom. The molecule has 94 valence electrons. The summed E-state index contributed by atoms with van der Waals surface area (Å²) in [5.74, 6) is -0.183. The van der Waals surface area contributed by atoms with E-state index < -0.39 is 0 Å². The highest BCUT2D eigenvalue weighted by Crippen LogP contribution is 2.24. The maximum Gasteiger partial charge on any atom is 0.123 e. The Morgan fingerprint density at radius 2 is 1.89 bits per heavy atom. The third kappa shape index (κ3) is 2.89. The van der Waals surface area contributed by atoms with E-state index in [0.29, 0.717) is 0 Å². The van der Waals surface area contributed by atoms with Gasteiger partial charge in [-0.3, -0.25) is 0 Å². The van der Waals surface area contributed by atoms with Crippen molar-refractivity contribution in [3.8, 4) is 0 Å². The molecule has 0 aliphatic heterocycles. The van der Waals surface area contributed by atoms with Crippen LogP contribution in [0.3, 0.4) is 0 Å². The fourth-order valence-electron chi connectivity index (χ4n) is 2.07. The predicted molar refractivity (Wildman–Crippen MR) is 74.2 cm³/mol. The van der Waals surface area contributed by atoms with Crippen molar-refractivity contribution in [3.63, 3.8) is 0 Å². The molecule has 18 heavy (non-hydrogen) atoms. The lowest BCUT2D eigenvalue weighted by Crippen LogP contribution is -2.10. The quantitative estimate of drug-likeness (QED) is 0.821. The van der Waals surface area contributed by atoms with Gasteiger partial charge in [-0.15, -0.1) is 0 Å².